The summed E-state index contributed by atoms with van der Waals surface area (Å²) in [5.41, 5.74) is 0. The van der Waals surface area contributed by atoms with Gasteiger partial charge in [-0.15, -0.1) is 16.4 Å². The number of hydrogen-bond donors (Lipinski definition) is 1. The summed E-state index contributed by atoms with van der Waals surface area (Å²) in [5, 5.41) is 9.13. The van der Waals surface area contributed by atoms with E-state index in [1.807, 2.05) is 31.6 Å². The fraction of sp³-hybridized carbons (Fsp3) is 0.250. The summed E-state index contributed by atoms with van der Waals surface area (Å²) < 4.78 is 1.78. The molecule has 2 aromatic heterocycles. The fourth-order valence-electron chi connectivity index (χ4n) is 1.11. The fourth-order valence-corrected chi connectivity index (χ4v) is 1.85. The third-order valence-corrected chi connectivity index (χ3v) is 2.59. The Kier molecular flexibility index (Phi) is 2.02. The lowest BCUT2D eigenvalue weighted by Gasteiger charge is -1.92. The van der Waals surface area contributed by atoms with E-state index in [4.69, 9.17) is 0 Å². The Morgan fingerprint density at radius 2 is 2.38 bits per heavy atom. The molecule has 0 aliphatic rings. The van der Waals surface area contributed by atoms with Gasteiger partial charge >= 0.3 is 0 Å². The quantitative estimate of drug-likeness (QED) is 0.789. The van der Waals surface area contributed by atoms with Gasteiger partial charge in [-0.2, -0.15) is 4.98 Å². The van der Waals surface area contributed by atoms with Crippen molar-refractivity contribution in [2.75, 3.05) is 12.4 Å². The largest absolute Gasteiger partial charge is 0.356 e. The van der Waals surface area contributed by atoms with Crippen molar-refractivity contribution < 1.29 is 0 Å². The van der Waals surface area contributed by atoms with Gasteiger partial charge < -0.3 is 5.32 Å². The van der Waals surface area contributed by atoms with Crippen molar-refractivity contribution in [2.45, 2.75) is 0 Å². The van der Waals surface area contributed by atoms with E-state index in [1.54, 1.807) is 16.0 Å². The molecule has 0 radical (unpaired) electrons. The molecule has 2 heterocycles. The van der Waals surface area contributed by atoms with Gasteiger partial charge in [-0.25, -0.2) is 4.68 Å². The van der Waals surface area contributed by atoms with E-state index in [1.165, 1.54) is 0 Å². The molecule has 0 bridgehead atoms. The Morgan fingerprint density at radius 3 is 2.92 bits per heavy atom. The standard InChI is InChI=1S/C8H10N4S/c1-9-8-10-7(12(2)11-8)6-4-3-5-13-6/h3-5H,1-2H3,(H,9,11). The smallest absolute Gasteiger partial charge is 0.242 e. The molecule has 0 aromatic carbocycles. The first kappa shape index (κ1) is 8.25. The molecule has 0 aliphatic heterocycles. The minimum atomic E-state index is 0.658. The summed E-state index contributed by atoms with van der Waals surface area (Å²) in [6.07, 6.45) is 0. The second-order valence-electron chi connectivity index (χ2n) is 2.61. The number of nitrogens with zero attached hydrogens (tertiary/aromatic N) is 3. The van der Waals surface area contributed by atoms with E-state index in [-0.39, 0.29) is 0 Å². The molecule has 0 spiro atoms. The number of hydrogen-bond acceptors (Lipinski definition) is 4. The van der Waals surface area contributed by atoms with Gasteiger partial charge in [0.1, 0.15) is 0 Å². The first-order valence-electron chi connectivity index (χ1n) is 3.94. The minimum absolute atomic E-state index is 0.658. The summed E-state index contributed by atoms with van der Waals surface area (Å²) in [5.74, 6) is 1.56. The first-order chi connectivity index (χ1) is 6.31. The van der Waals surface area contributed by atoms with Crippen molar-refractivity contribution in [3.05, 3.63) is 17.5 Å². The average Bonchev–Trinajstić information content (AvgIpc) is 2.72. The van der Waals surface area contributed by atoms with Gasteiger partial charge in [0.2, 0.25) is 5.95 Å². The van der Waals surface area contributed by atoms with Crippen LogP contribution in [0.1, 0.15) is 0 Å². The summed E-state index contributed by atoms with van der Waals surface area (Å²) in [7, 11) is 3.70. The lowest BCUT2D eigenvalue weighted by atomic mass is 10.4. The van der Waals surface area contributed by atoms with Crippen molar-refractivity contribution in [1.29, 1.82) is 0 Å². The van der Waals surface area contributed by atoms with Crippen molar-refractivity contribution in [2.24, 2.45) is 7.05 Å². The predicted molar refractivity (Wildman–Crippen MR) is 53.9 cm³/mol. The lowest BCUT2D eigenvalue weighted by Crippen LogP contribution is -1.94. The van der Waals surface area contributed by atoms with Crippen LogP contribution >= 0.6 is 11.3 Å². The molecule has 2 rings (SSSR count). The van der Waals surface area contributed by atoms with Gasteiger partial charge in [-0.3, -0.25) is 0 Å². The molecule has 0 unspecified atom stereocenters. The first-order valence-corrected chi connectivity index (χ1v) is 4.82. The number of rotatable bonds is 2. The number of aromatic nitrogens is 3. The van der Waals surface area contributed by atoms with E-state index in [9.17, 15) is 0 Å². The molecule has 13 heavy (non-hydrogen) atoms. The van der Waals surface area contributed by atoms with Gasteiger partial charge in [0.05, 0.1) is 4.88 Å². The molecule has 68 valence electrons. The van der Waals surface area contributed by atoms with E-state index < -0.39 is 0 Å². The van der Waals surface area contributed by atoms with Crippen LogP contribution in [0.25, 0.3) is 10.7 Å². The Balaban J connectivity index is 2.46. The Hall–Kier alpha value is -1.36. The van der Waals surface area contributed by atoms with Gasteiger partial charge in [0, 0.05) is 14.1 Å². The zero-order valence-electron chi connectivity index (χ0n) is 7.48. The molecule has 4 nitrogen and oxygen atoms in total. The van der Waals surface area contributed by atoms with Crippen LogP contribution < -0.4 is 5.32 Å². The summed E-state index contributed by atoms with van der Waals surface area (Å²) in [4.78, 5) is 5.46. The second kappa shape index (κ2) is 3.18. The highest BCUT2D eigenvalue weighted by molar-refractivity contribution is 7.13. The van der Waals surface area contributed by atoms with Crippen molar-refractivity contribution >= 4 is 17.3 Å². The molecule has 0 aliphatic carbocycles. The monoisotopic (exact) mass is 194 g/mol. The molecule has 0 atom stereocenters. The highest BCUT2D eigenvalue weighted by atomic mass is 32.1. The molecule has 5 heteroatoms. The van der Waals surface area contributed by atoms with Gasteiger partial charge in [-0.1, -0.05) is 6.07 Å². The number of thiophene rings is 1. The van der Waals surface area contributed by atoms with Crippen LogP contribution in [0.5, 0.6) is 0 Å². The molecular formula is C8H10N4S. The predicted octanol–water partition coefficient (Wildman–Crippen LogP) is 1.59. The molecule has 2 aromatic rings. The van der Waals surface area contributed by atoms with E-state index >= 15 is 0 Å². The zero-order chi connectivity index (χ0) is 9.26. The van der Waals surface area contributed by atoms with Gasteiger partial charge in [-0.05, 0) is 11.4 Å². The maximum atomic E-state index is 4.32. The van der Waals surface area contributed by atoms with Crippen LogP contribution in [0.15, 0.2) is 17.5 Å². The molecule has 0 fully saturated rings. The topological polar surface area (TPSA) is 42.7 Å². The van der Waals surface area contributed by atoms with Gasteiger partial charge in [0.25, 0.3) is 0 Å². The molecule has 0 saturated heterocycles. The average molecular weight is 194 g/mol. The molecule has 0 amide bonds. The van der Waals surface area contributed by atoms with Crippen molar-refractivity contribution in [3.63, 3.8) is 0 Å². The molecular weight excluding hydrogens is 184 g/mol. The Labute approximate surface area is 80.2 Å². The van der Waals surface area contributed by atoms with Crippen LogP contribution in [0, 0.1) is 0 Å². The van der Waals surface area contributed by atoms with Gasteiger partial charge in [0.15, 0.2) is 5.82 Å². The van der Waals surface area contributed by atoms with Crippen LogP contribution in [0.3, 0.4) is 0 Å². The summed E-state index contributed by atoms with van der Waals surface area (Å²) >= 11 is 1.66. The number of aryl methyl sites for hydroxylation is 1. The number of anilines is 1. The lowest BCUT2D eigenvalue weighted by molar-refractivity contribution is 0.778. The Morgan fingerprint density at radius 1 is 1.54 bits per heavy atom. The molecule has 0 saturated carbocycles. The summed E-state index contributed by atoms with van der Waals surface area (Å²) in [6.45, 7) is 0. The Bertz CT molecular complexity index is 390. The maximum Gasteiger partial charge on any atom is 0.242 e. The maximum absolute atomic E-state index is 4.32. The third-order valence-electron chi connectivity index (χ3n) is 1.73. The molecule has 1 N–H and O–H groups in total. The SMILES string of the molecule is CNc1nc(-c2cccs2)n(C)n1. The zero-order valence-corrected chi connectivity index (χ0v) is 8.30. The second-order valence-corrected chi connectivity index (χ2v) is 3.56. The van der Waals surface area contributed by atoms with E-state index in [0.29, 0.717) is 5.95 Å². The van der Waals surface area contributed by atoms with Crippen LogP contribution in [-0.2, 0) is 7.05 Å². The third kappa shape index (κ3) is 1.42. The summed E-state index contributed by atoms with van der Waals surface area (Å²) in [6, 6.07) is 4.04. The minimum Gasteiger partial charge on any atom is -0.356 e. The number of nitrogens with one attached hydrogen (secondary N) is 1. The van der Waals surface area contributed by atoms with E-state index in [0.717, 1.165) is 10.7 Å². The normalized spacial score (nSPS) is 10.3. The van der Waals surface area contributed by atoms with E-state index in [2.05, 4.69) is 15.4 Å². The van der Waals surface area contributed by atoms with Crippen LogP contribution in [0.2, 0.25) is 0 Å². The van der Waals surface area contributed by atoms with Crippen molar-refractivity contribution in [3.8, 4) is 10.7 Å². The highest BCUT2D eigenvalue weighted by Crippen LogP contribution is 2.22. The van der Waals surface area contributed by atoms with Crippen LogP contribution in [0.4, 0.5) is 5.95 Å². The van der Waals surface area contributed by atoms with Crippen molar-refractivity contribution in [1.82, 2.24) is 14.8 Å². The highest BCUT2D eigenvalue weighted by Gasteiger charge is 2.08. The van der Waals surface area contributed by atoms with Crippen LogP contribution in [-0.4, -0.2) is 21.8 Å².